The normalized spacial score (nSPS) is 11.1. The molecular weight excluding hydrogens is 516 g/mol. The van der Waals surface area contributed by atoms with Crippen molar-refractivity contribution in [1.29, 1.82) is 0 Å². The highest BCUT2D eigenvalue weighted by atomic mass is 35.5. The molecule has 198 valence electrons. The summed E-state index contributed by atoms with van der Waals surface area (Å²) in [6.07, 6.45) is 3.16. The van der Waals surface area contributed by atoms with Crippen LogP contribution in [0.4, 0.5) is 0 Å². The first-order valence-corrected chi connectivity index (χ1v) is 13.1. The second kappa shape index (κ2) is 11.5. The van der Waals surface area contributed by atoms with E-state index in [1.807, 2.05) is 66.7 Å². The summed E-state index contributed by atoms with van der Waals surface area (Å²) in [5, 5.41) is 7.92. The Balaban J connectivity index is 1.54. The zero-order valence-electron chi connectivity index (χ0n) is 21.6. The third-order valence-electron chi connectivity index (χ3n) is 6.56. The minimum atomic E-state index is -0.673. The molecule has 5 rings (SSSR count). The number of ether oxygens (including phenoxy) is 1. The number of hydrogen-bond donors (Lipinski definition) is 1. The molecule has 0 spiro atoms. The number of benzene rings is 3. The number of esters is 1. The molecule has 0 saturated heterocycles. The van der Waals surface area contributed by atoms with Gasteiger partial charge in [0.15, 0.2) is 11.5 Å². The summed E-state index contributed by atoms with van der Waals surface area (Å²) in [5.41, 5.74) is 6.29. The molecule has 8 nitrogen and oxygen atoms in total. The number of para-hydroxylation sites is 1. The standard InChI is InChI=1S/C30H27ClN4O4/c1-3-4-12-25-23(27(29(36)38-2)35(33-25)26-13-8-7-11-24(26)31)18-19-14-16-20(17-15-19)21-9-5-6-10-22(21)28-32-30(37)39-34-28/h5-11,13-17H,3-4,12,18H2,1-2H3,(H,32,34,37). The van der Waals surface area contributed by atoms with Crippen molar-refractivity contribution in [2.24, 2.45) is 0 Å². The van der Waals surface area contributed by atoms with Crippen molar-refractivity contribution in [2.75, 3.05) is 7.11 Å². The lowest BCUT2D eigenvalue weighted by atomic mass is 9.95. The van der Waals surface area contributed by atoms with Gasteiger partial charge in [-0.25, -0.2) is 14.3 Å². The zero-order chi connectivity index (χ0) is 27.4. The van der Waals surface area contributed by atoms with Gasteiger partial charge in [-0.1, -0.05) is 85.6 Å². The van der Waals surface area contributed by atoms with Crippen LogP contribution in [0.2, 0.25) is 5.02 Å². The predicted octanol–water partition coefficient (Wildman–Crippen LogP) is 6.26. The van der Waals surface area contributed by atoms with Gasteiger partial charge in [-0.2, -0.15) is 15.2 Å². The first-order valence-electron chi connectivity index (χ1n) is 12.7. The zero-order valence-corrected chi connectivity index (χ0v) is 22.4. The molecule has 39 heavy (non-hydrogen) atoms. The van der Waals surface area contributed by atoms with Gasteiger partial charge in [0.1, 0.15) is 0 Å². The van der Waals surface area contributed by atoms with Crippen molar-refractivity contribution in [3.8, 4) is 28.2 Å². The van der Waals surface area contributed by atoms with Gasteiger partial charge in [-0.15, -0.1) is 0 Å². The number of aryl methyl sites for hydroxylation is 1. The van der Waals surface area contributed by atoms with Gasteiger partial charge in [0.25, 0.3) is 0 Å². The molecule has 0 radical (unpaired) electrons. The van der Waals surface area contributed by atoms with Crippen LogP contribution in [0.25, 0.3) is 28.2 Å². The van der Waals surface area contributed by atoms with Crippen LogP contribution in [0.5, 0.6) is 0 Å². The Kier molecular flexibility index (Phi) is 7.74. The van der Waals surface area contributed by atoms with E-state index < -0.39 is 11.7 Å². The number of methoxy groups -OCH3 is 1. The molecule has 0 unspecified atom stereocenters. The molecule has 0 atom stereocenters. The van der Waals surface area contributed by atoms with E-state index in [0.29, 0.717) is 28.6 Å². The number of rotatable bonds is 9. The molecule has 3 aromatic carbocycles. The number of nitrogens with one attached hydrogen (secondary N) is 1. The third kappa shape index (κ3) is 5.42. The van der Waals surface area contributed by atoms with Crippen molar-refractivity contribution in [2.45, 2.75) is 32.6 Å². The first-order chi connectivity index (χ1) is 19.0. The molecule has 0 saturated carbocycles. The number of unbranched alkanes of at least 4 members (excludes halogenated alkanes) is 1. The largest absolute Gasteiger partial charge is 0.464 e. The van der Waals surface area contributed by atoms with Gasteiger partial charge < -0.3 is 9.26 Å². The number of carbonyl (C=O) groups is 1. The van der Waals surface area contributed by atoms with E-state index in [-0.39, 0.29) is 0 Å². The average molecular weight is 543 g/mol. The quantitative estimate of drug-likeness (QED) is 0.221. The van der Waals surface area contributed by atoms with E-state index in [1.165, 1.54) is 7.11 Å². The van der Waals surface area contributed by atoms with Gasteiger partial charge in [0, 0.05) is 17.5 Å². The lowest BCUT2D eigenvalue weighted by Crippen LogP contribution is -2.13. The van der Waals surface area contributed by atoms with Crippen LogP contribution in [0.3, 0.4) is 0 Å². The highest BCUT2D eigenvalue weighted by Gasteiger charge is 2.26. The lowest BCUT2D eigenvalue weighted by molar-refractivity contribution is 0.0589. The Hall–Kier alpha value is -4.43. The second-order valence-electron chi connectivity index (χ2n) is 9.08. The van der Waals surface area contributed by atoms with Crippen molar-refractivity contribution in [1.82, 2.24) is 19.9 Å². The Bertz CT molecular complexity index is 1670. The van der Waals surface area contributed by atoms with Gasteiger partial charge >= 0.3 is 11.7 Å². The molecule has 0 fully saturated rings. The van der Waals surface area contributed by atoms with Crippen LogP contribution in [0.1, 0.15) is 47.1 Å². The van der Waals surface area contributed by atoms with Crippen molar-refractivity contribution >= 4 is 17.6 Å². The maximum absolute atomic E-state index is 13.1. The van der Waals surface area contributed by atoms with E-state index in [2.05, 4.69) is 17.1 Å². The lowest BCUT2D eigenvalue weighted by Gasteiger charge is -2.11. The van der Waals surface area contributed by atoms with Crippen LogP contribution >= 0.6 is 11.6 Å². The van der Waals surface area contributed by atoms with Crippen LogP contribution < -0.4 is 5.76 Å². The number of hydrogen-bond acceptors (Lipinski definition) is 6. The van der Waals surface area contributed by atoms with Gasteiger partial charge in [0.2, 0.25) is 0 Å². The summed E-state index contributed by atoms with van der Waals surface area (Å²) in [6, 6.07) is 23.0. The molecule has 0 aliphatic heterocycles. The monoisotopic (exact) mass is 542 g/mol. The molecule has 5 aromatic rings. The summed E-state index contributed by atoms with van der Waals surface area (Å²) >= 11 is 6.50. The molecule has 9 heteroatoms. The van der Waals surface area contributed by atoms with Crippen molar-refractivity contribution in [3.05, 3.63) is 111 Å². The molecule has 2 heterocycles. The third-order valence-corrected chi connectivity index (χ3v) is 6.88. The number of aromatic amines is 1. The maximum atomic E-state index is 13.1. The van der Waals surface area contributed by atoms with E-state index in [0.717, 1.165) is 52.8 Å². The fraction of sp³-hybridized carbons (Fsp3) is 0.200. The Morgan fingerprint density at radius 1 is 1.03 bits per heavy atom. The van der Waals surface area contributed by atoms with Gasteiger partial charge in [-0.05, 0) is 41.7 Å². The second-order valence-corrected chi connectivity index (χ2v) is 9.49. The van der Waals surface area contributed by atoms with Crippen LogP contribution in [0.15, 0.2) is 82.1 Å². The molecule has 0 amide bonds. The van der Waals surface area contributed by atoms with Gasteiger partial charge in [0.05, 0.1) is 23.5 Å². The number of carbonyl (C=O) groups excluding carboxylic acids is 1. The SMILES string of the molecule is CCCCc1nn(-c2ccccc2Cl)c(C(=O)OC)c1Cc1ccc(-c2ccccc2-c2nc(=O)o[nH]2)cc1. The molecular formula is C30H27ClN4O4. The number of halogens is 1. The predicted molar refractivity (Wildman–Crippen MR) is 149 cm³/mol. The number of aromatic nitrogens is 4. The highest BCUT2D eigenvalue weighted by Crippen LogP contribution is 2.31. The fourth-order valence-electron chi connectivity index (χ4n) is 4.62. The first kappa shape index (κ1) is 26.2. The van der Waals surface area contributed by atoms with Crippen molar-refractivity contribution < 1.29 is 14.1 Å². The van der Waals surface area contributed by atoms with Crippen molar-refractivity contribution in [3.63, 3.8) is 0 Å². The highest BCUT2D eigenvalue weighted by molar-refractivity contribution is 6.32. The smallest absolute Gasteiger partial charge is 0.460 e. The van der Waals surface area contributed by atoms with E-state index in [9.17, 15) is 9.59 Å². The summed E-state index contributed by atoms with van der Waals surface area (Å²) in [4.78, 5) is 28.4. The Morgan fingerprint density at radius 2 is 1.74 bits per heavy atom. The average Bonchev–Trinajstić information content (AvgIpc) is 3.55. The summed E-state index contributed by atoms with van der Waals surface area (Å²) in [7, 11) is 1.37. The molecule has 0 aliphatic rings. The molecule has 1 N–H and O–H groups in total. The number of H-pyrrole nitrogens is 1. The van der Waals surface area contributed by atoms with Gasteiger partial charge in [-0.3, -0.25) is 0 Å². The Labute approximate surface area is 230 Å². The maximum Gasteiger partial charge on any atom is 0.460 e. The van der Waals surface area contributed by atoms with E-state index in [4.69, 9.17) is 26.0 Å². The minimum absolute atomic E-state index is 0.370. The molecule has 2 aromatic heterocycles. The van der Waals surface area contributed by atoms with E-state index >= 15 is 0 Å². The summed E-state index contributed by atoms with van der Waals surface area (Å²) < 4.78 is 11.6. The van der Waals surface area contributed by atoms with Crippen LogP contribution in [0, 0.1) is 0 Å². The fourth-order valence-corrected chi connectivity index (χ4v) is 4.84. The summed E-state index contributed by atoms with van der Waals surface area (Å²) in [6.45, 7) is 2.12. The topological polar surface area (TPSA) is 103 Å². The Morgan fingerprint density at radius 3 is 2.41 bits per heavy atom. The summed E-state index contributed by atoms with van der Waals surface area (Å²) in [5.74, 6) is -0.768. The van der Waals surface area contributed by atoms with Crippen LogP contribution in [-0.4, -0.2) is 33.0 Å². The van der Waals surface area contributed by atoms with E-state index in [1.54, 1.807) is 10.7 Å². The van der Waals surface area contributed by atoms with Crippen LogP contribution in [-0.2, 0) is 17.6 Å². The molecule has 0 bridgehead atoms. The molecule has 0 aliphatic carbocycles. The number of nitrogens with zero attached hydrogens (tertiary/aromatic N) is 3. The minimum Gasteiger partial charge on any atom is -0.464 e.